The van der Waals surface area contributed by atoms with Gasteiger partial charge < -0.3 is 14.6 Å². The smallest absolute Gasteiger partial charge is 0.339 e. The number of nitrogens with zero attached hydrogens (tertiary/aromatic N) is 1. The summed E-state index contributed by atoms with van der Waals surface area (Å²) in [4.78, 5) is 13.5. The predicted molar refractivity (Wildman–Crippen MR) is 75.9 cm³/mol. The molecule has 1 aromatic carbocycles. The van der Waals surface area contributed by atoms with Gasteiger partial charge in [0.05, 0.1) is 20.3 Å². The lowest BCUT2D eigenvalue weighted by atomic mass is 10.1. The molecule has 0 saturated carbocycles. The van der Waals surface area contributed by atoms with E-state index in [1.807, 2.05) is 0 Å². The van der Waals surface area contributed by atoms with E-state index in [1.54, 1.807) is 6.07 Å². The minimum Gasteiger partial charge on any atom is -0.496 e. The second-order valence-corrected chi connectivity index (χ2v) is 5.09. The molecule has 2 rings (SSSR count). The van der Waals surface area contributed by atoms with Crippen molar-refractivity contribution in [3.63, 3.8) is 0 Å². The van der Waals surface area contributed by atoms with Crippen molar-refractivity contribution in [3.8, 4) is 5.75 Å². The van der Waals surface area contributed by atoms with Gasteiger partial charge in [0.15, 0.2) is 0 Å². The number of ether oxygens (including phenoxy) is 2. The fourth-order valence-electron chi connectivity index (χ4n) is 2.34. The van der Waals surface area contributed by atoms with Crippen molar-refractivity contribution in [2.45, 2.75) is 6.42 Å². The Morgan fingerprint density at radius 3 is 2.75 bits per heavy atom. The summed E-state index contributed by atoms with van der Waals surface area (Å²) in [6, 6.07) is 3.19. The van der Waals surface area contributed by atoms with Crippen molar-refractivity contribution < 1.29 is 19.4 Å². The Balaban J connectivity index is 2.15. The monoisotopic (exact) mass is 299 g/mol. The standard InChI is InChI=1S/C14H18ClNO4/c1-19-13-10(2-3-16-4-6-20-7-5-16)8-11(15)9-12(13)14(17)18/h8-9H,2-7H2,1H3,(H,17,18). The van der Waals surface area contributed by atoms with Crippen LogP contribution in [-0.2, 0) is 11.2 Å². The third kappa shape index (κ3) is 3.62. The van der Waals surface area contributed by atoms with Gasteiger partial charge in [-0.1, -0.05) is 11.6 Å². The molecule has 20 heavy (non-hydrogen) atoms. The molecule has 5 nitrogen and oxygen atoms in total. The van der Waals surface area contributed by atoms with E-state index < -0.39 is 5.97 Å². The van der Waals surface area contributed by atoms with E-state index in [1.165, 1.54) is 13.2 Å². The third-order valence-corrected chi connectivity index (χ3v) is 3.58. The number of carboxylic acids is 1. The van der Waals surface area contributed by atoms with Gasteiger partial charge >= 0.3 is 5.97 Å². The summed E-state index contributed by atoms with van der Waals surface area (Å²) in [6.45, 7) is 4.11. The molecule has 1 saturated heterocycles. The molecule has 0 aliphatic carbocycles. The van der Waals surface area contributed by atoms with E-state index >= 15 is 0 Å². The molecule has 0 amide bonds. The molecule has 0 spiro atoms. The second-order valence-electron chi connectivity index (χ2n) is 4.65. The largest absolute Gasteiger partial charge is 0.496 e. The van der Waals surface area contributed by atoms with Gasteiger partial charge in [-0.3, -0.25) is 4.90 Å². The molecule has 1 fully saturated rings. The van der Waals surface area contributed by atoms with Crippen molar-refractivity contribution in [2.24, 2.45) is 0 Å². The van der Waals surface area contributed by atoms with E-state index in [0.717, 1.165) is 38.4 Å². The Bertz CT molecular complexity index is 486. The minimum atomic E-state index is -1.03. The number of morpholine rings is 1. The van der Waals surface area contributed by atoms with Crippen LogP contribution in [0.3, 0.4) is 0 Å². The normalized spacial score (nSPS) is 16.1. The summed E-state index contributed by atoms with van der Waals surface area (Å²) >= 11 is 5.99. The number of rotatable bonds is 5. The van der Waals surface area contributed by atoms with Gasteiger partial charge in [0, 0.05) is 24.7 Å². The first-order chi connectivity index (χ1) is 9.61. The number of hydrogen-bond donors (Lipinski definition) is 1. The molecule has 0 unspecified atom stereocenters. The summed E-state index contributed by atoms with van der Waals surface area (Å²) in [6.07, 6.45) is 0.698. The van der Waals surface area contributed by atoms with Crippen LogP contribution in [0.25, 0.3) is 0 Å². The van der Waals surface area contributed by atoms with Gasteiger partial charge in [-0.05, 0) is 24.1 Å². The van der Waals surface area contributed by atoms with Gasteiger partial charge in [0.2, 0.25) is 0 Å². The minimum absolute atomic E-state index is 0.108. The zero-order chi connectivity index (χ0) is 14.5. The molecular weight excluding hydrogens is 282 g/mol. The average Bonchev–Trinajstić information content (AvgIpc) is 2.45. The Hall–Kier alpha value is -1.30. The first-order valence-electron chi connectivity index (χ1n) is 6.51. The molecule has 1 aromatic rings. The van der Waals surface area contributed by atoms with Gasteiger partial charge in [-0.2, -0.15) is 0 Å². The first kappa shape index (κ1) is 15.1. The van der Waals surface area contributed by atoms with Crippen molar-refractivity contribution in [1.29, 1.82) is 0 Å². The number of halogens is 1. The van der Waals surface area contributed by atoms with Crippen LogP contribution >= 0.6 is 11.6 Å². The molecule has 0 bridgehead atoms. The average molecular weight is 300 g/mol. The van der Waals surface area contributed by atoms with Crippen LogP contribution in [0.5, 0.6) is 5.75 Å². The van der Waals surface area contributed by atoms with Crippen LogP contribution in [0.1, 0.15) is 15.9 Å². The number of aromatic carboxylic acids is 1. The second kappa shape index (κ2) is 6.92. The maximum atomic E-state index is 11.2. The highest BCUT2D eigenvalue weighted by Gasteiger charge is 2.18. The van der Waals surface area contributed by atoms with Gasteiger partial charge in [0.25, 0.3) is 0 Å². The molecule has 0 atom stereocenters. The van der Waals surface area contributed by atoms with E-state index in [2.05, 4.69) is 4.90 Å². The van der Waals surface area contributed by atoms with Crippen LogP contribution in [0.4, 0.5) is 0 Å². The van der Waals surface area contributed by atoms with E-state index in [9.17, 15) is 9.90 Å². The van der Waals surface area contributed by atoms with Crippen LogP contribution in [0.15, 0.2) is 12.1 Å². The van der Waals surface area contributed by atoms with Gasteiger partial charge in [-0.25, -0.2) is 4.79 Å². The number of carbonyl (C=O) groups is 1. The van der Waals surface area contributed by atoms with Crippen LogP contribution in [-0.4, -0.2) is 55.9 Å². The SMILES string of the molecule is COc1c(CCN2CCOCC2)cc(Cl)cc1C(=O)O. The topological polar surface area (TPSA) is 59.0 Å². The zero-order valence-electron chi connectivity index (χ0n) is 11.4. The lowest BCUT2D eigenvalue weighted by Gasteiger charge is -2.26. The Kier molecular flexibility index (Phi) is 5.23. The van der Waals surface area contributed by atoms with Crippen molar-refractivity contribution in [1.82, 2.24) is 4.90 Å². The van der Waals surface area contributed by atoms with Crippen molar-refractivity contribution >= 4 is 17.6 Å². The van der Waals surface area contributed by atoms with Crippen molar-refractivity contribution in [3.05, 3.63) is 28.3 Å². The molecule has 0 radical (unpaired) electrons. The lowest BCUT2D eigenvalue weighted by Crippen LogP contribution is -2.37. The predicted octanol–water partition coefficient (Wildman–Crippen LogP) is 1.92. The fraction of sp³-hybridized carbons (Fsp3) is 0.500. The van der Waals surface area contributed by atoms with Gasteiger partial charge in [0.1, 0.15) is 11.3 Å². The van der Waals surface area contributed by atoms with Crippen LogP contribution < -0.4 is 4.74 Å². The lowest BCUT2D eigenvalue weighted by molar-refractivity contribution is 0.0384. The quantitative estimate of drug-likeness (QED) is 0.900. The Morgan fingerprint density at radius 1 is 1.45 bits per heavy atom. The highest BCUT2D eigenvalue weighted by Crippen LogP contribution is 2.29. The third-order valence-electron chi connectivity index (χ3n) is 3.37. The number of methoxy groups -OCH3 is 1. The summed E-state index contributed by atoms with van der Waals surface area (Å²) in [5.74, 6) is -0.632. The highest BCUT2D eigenvalue weighted by atomic mass is 35.5. The molecule has 1 aliphatic rings. The molecule has 6 heteroatoms. The van der Waals surface area contributed by atoms with Crippen LogP contribution in [0.2, 0.25) is 5.02 Å². The Morgan fingerprint density at radius 2 is 2.15 bits per heavy atom. The number of hydrogen-bond acceptors (Lipinski definition) is 4. The maximum Gasteiger partial charge on any atom is 0.339 e. The molecule has 1 aliphatic heterocycles. The highest BCUT2D eigenvalue weighted by molar-refractivity contribution is 6.31. The Labute approximate surface area is 123 Å². The van der Waals surface area contributed by atoms with Gasteiger partial charge in [-0.15, -0.1) is 0 Å². The molecule has 1 heterocycles. The maximum absolute atomic E-state index is 11.2. The van der Waals surface area contributed by atoms with Crippen molar-refractivity contribution in [2.75, 3.05) is 40.0 Å². The number of carboxylic acid groups (broad SMARTS) is 1. The molecular formula is C14H18ClNO4. The summed E-state index contributed by atoms with van der Waals surface area (Å²) in [7, 11) is 1.48. The first-order valence-corrected chi connectivity index (χ1v) is 6.89. The van der Waals surface area contributed by atoms with E-state index in [0.29, 0.717) is 17.2 Å². The zero-order valence-corrected chi connectivity index (χ0v) is 12.2. The molecule has 1 N–H and O–H groups in total. The van der Waals surface area contributed by atoms with E-state index in [4.69, 9.17) is 21.1 Å². The molecule has 0 aromatic heterocycles. The number of benzene rings is 1. The fourth-order valence-corrected chi connectivity index (χ4v) is 2.58. The van der Waals surface area contributed by atoms with E-state index in [-0.39, 0.29) is 5.56 Å². The molecule has 110 valence electrons. The summed E-state index contributed by atoms with van der Waals surface area (Å²) < 4.78 is 10.6. The summed E-state index contributed by atoms with van der Waals surface area (Å²) in [5.41, 5.74) is 0.931. The van der Waals surface area contributed by atoms with Crippen LogP contribution in [0, 0.1) is 0 Å². The summed E-state index contributed by atoms with van der Waals surface area (Å²) in [5, 5.41) is 9.61.